The van der Waals surface area contributed by atoms with Crippen molar-refractivity contribution in [2.24, 2.45) is 5.92 Å². The number of rotatable bonds is 4. The van der Waals surface area contributed by atoms with Gasteiger partial charge in [-0.1, -0.05) is 13.8 Å². The van der Waals surface area contributed by atoms with Crippen LogP contribution in [0.2, 0.25) is 0 Å². The molecular weight excluding hydrogens is 340 g/mol. The van der Waals surface area contributed by atoms with Gasteiger partial charge in [0, 0.05) is 24.4 Å². The normalized spacial score (nSPS) is 16.3. The fourth-order valence-electron chi connectivity index (χ4n) is 2.53. The number of alkyl carbamates (subject to hydrolysis) is 1. The fraction of sp³-hybridized carbons (Fsp3) is 0.706. The van der Waals surface area contributed by atoms with Crippen LogP contribution in [0.1, 0.15) is 45.2 Å². The Hall–Kier alpha value is -1.67. The summed E-state index contributed by atoms with van der Waals surface area (Å²) in [6, 6.07) is -0.682. The zero-order chi connectivity index (χ0) is 18.8. The number of hydrogen-bond donors (Lipinski definition) is 2. The van der Waals surface area contributed by atoms with E-state index in [-0.39, 0.29) is 11.8 Å². The van der Waals surface area contributed by atoms with Gasteiger partial charge in [-0.2, -0.15) is 0 Å². The van der Waals surface area contributed by atoms with E-state index in [9.17, 15) is 9.59 Å². The van der Waals surface area contributed by atoms with Crippen LogP contribution in [0, 0.1) is 5.92 Å². The summed E-state index contributed by atoms with van der Waals surface area (Å²) in [5, 5.41) is 6.09. The highest BCUT2D eigenvalue weighted by Crippen LogP contribution is 2.28. The summed E-state index contributed by atoms with van der Waals surface area (Å²) in [7, 11) is 2.07. The Morgan fingerprint density at radius 2 is 2.00 bits per heavy atom. The van der Waals surface area contributed by atoms with E-state index in [1.54, 1.807) is 20.8 Å². The summed E-state index contributed by atoms with van der Waals surface area (Å²) < 4.78 is 5.25. The molecule has 1 aliphatic heterocycles. The molecule has 25 heavy (non-hydrogen) atoms. The van der Waals surface area contributed by atoms with Gasteiger partial charge in [0.2, 0.25) is 5.91 Å². The highest BCUT2D eigenvalue weighted by atomic mass is 32.1. The summed E-state index contributed by atoms with van der Waals surface area (Å²) in [4.78, 5) is 32.5. The molecule has 140 valence electrons. The topological polar surface area (TPSA) is 83.6 Å². The van der Waals surface area contributed by atoms with E-state index < -0.39 is 17.7 Å². The lowest BCUT2D eigenvalue weighted by molar-refractivity contribution is -0.119. The number of likely N-dealkylation sites (N-methyl/N-ethyl adjacent to an activating group) is 1. The third kappa shape index (κ3) is 5.67. The van der Waals surface area contributed by atoms with Crippen molar-refractivity contribution < 1.29 is 14.3 Å². The molecule has 0 spiro atoms. The lowest BCUT2D eigenvalue weighted by Crippen LogP contribution is -2.48. The SMILES string of the molecule is CC(C)C(NC(=O)OC(C)(C)C)C(=O)Nc1nc2c(s1)CN(C)CC2. The van der Waals surface area contributed by atoms with Gasteiger partial charge in [0.15, 0.2) is 5.13 Å². The Labute approximate surface area is 153 Å². The second-order valence-electron chi connectivity index (χ2n) is 7.73. The number of carbonyl (C=O) groups excluding carboxylic acids is 2. The van der Waals surface area contributed by atoms with E-state index in [1.807, 2.05) is 13.8 Å². The van der Waals surface area contributed by atoms with Crippen LogP contribution < -0.4 is 10.6 Å². The van der Waals surface area contributed by atoms with E-state index in [4.69, 9.17) is 4.74 Å². The predicted octanol–water partition coefficient (Wildman–Crippen LogP) is 2.62. The molecule has 7 nitrogen and oxygen atoms in total. The number of nitrogens with one attached hydrogen (secondary N) is 2. The van der Waals surface area contributed by atoms with Crippen molar-refractivity contribution in [1.29, 1.82) is 0 Å². The predicted molar refractivity (Wildman–Crippen MR) is 98.8 cm³/mol. The quantitative estimate of drug-likeness (QED) is 0.853. The summed E-state index contributed by atoms with van der Waals surface area (Å²) in [6.45, 7) is 10.9. The molecule has 0 aliphatic carbocycles. The molecule has 0 saturated carbocycles. The van der Waals surface area contributed by atoms with Gasteiger partial charge in [0.1, 0.15) is 11.6 Å². The molecule has 1 aliphatic rings. The van der Waals surface area contributed by atoms with Crippen LogP contribution in [0.25, 0.3) is 0 Å². The standard InChI is InChI=1S/C17H28N4O3S/c1-10(2)13(19-16(23)24-17(3,4)5)14(22)20-15-18-11-7-8-21(6)9-12(11)25-15/h10,13H,7-9H2,1-6H3,(H,19,23)(H,18,20,22). The molecule has 0 saturated heterocycles. The first-order valence-corrected chi connectivity index (χ1v) is 9.34. The molecule has 0 radical (unpaired) electrons. The lowest BCUT2D eigenvalue weighted by Gasteiger charge is -2.24. The summed E-state index contributed by atoms with van der Waals surface area (Å²) in [5.41, 5.74) is 0.447. The molecule has 1 aromatic heterocycles. The molecule has 2 N–H and O–H groups in total. The molecule has 0 aromatic carbocycles. The minimum absolute atomic E-state index is 0.0757. The molecule has 1 atom stereocenters. The number of amides is 2. The van der Waals surface area contributed by atoms with Gasteiger partial charge in [-0.05, 0) is 33.7 Å². The van der Waals surface area contributed by atoms with E-state index in [0.717, 1.165) is 25.2 Å². The van der Waals surface area contributed by atoms with Crippen molar-refractivity contribution >= 4 is 28.5 Å². The fourth-order valence-corrected chi connectivity index (χ4v) is 3.62. The Kier molecular flexibility index (Phi) is 6.05. The number of hydrogen-bond acceptors (Lipinski definition) is 6. The van der Waals surface area contributed by atoms with Crippen LogP contribution in [0.5, 0.6) is 0 Å². The molecule has 8 heteroatoms. The molecule has 1 unspecified atom stereocenters. The maximum atomic E-state index is 12.6. The van der Waals surface area contributed by atoms with E-state index in [2.05, 4.69) is 27.6 Å². The molecule has 0 bridgehead atoms. The van der Waals surface area contributed by atoms with Crippen molar-refractivity contribution in [1.82, 2.24) is 15.2 Å². The summed E-state index contributed by atoms with van der Waals surface area (Å²) >= 11 is 1.50. The summed E-state index contributed by atoms with van der Waals surface area (Å²) in [5.74, 6) is -0.353. The zero-order valence-electron chi connectivity index (χ0n) is 15.8. The number of anilines is 1. The Bertz CT molecular complexity index is 636. The second kappa shape index (κ2) is 7.70. The minimum Gasteiger partial charge on any atom is -0.444 e. The number of carbonyl (C=O) groups is 2. The number of aromatic nitrogens is 1. The van der Waals surface area contributed by atoms with E-state index in [0.29, 0.717) is 5.13 Å². The van der Waals surface area contributed by atoms with Crippen LogP contribution in [0.3, 0.4) is 0 Å². The number of fused-ring (bicyclic) bond motifs is 1. The molecule has 2 heterocycles. The molecule has 2 amide bonds. The average Bonchev–Trinajstić information content (AvgIpc) is 2.83. The van der Waals surface area contributed by atoms with Gasteiger partial charge >= 0.3 is 6.09 Å². The van der Waals surface area contributed by atoms with Crippen molar-refractivity contribution in [3.05, 3.63) is 10.6 Å². The van der Waals surface area contributed by atoms with Crippen LogP contribution >= 0.6 is 11.3 Å². The lowest BCUT2D eigenvalue weighted by atomic mass is 10.0. The van der Waals surface area contributed by atoms with E-state index in [1.165, 1.54) is 16.2 Å². The first-order chi connectivity index (χ1) is 11.5. The summed E-state index contributed by atoms with van der Waals surface area (Å²) in [6.07, 6.45) is 0.295. The molecule has 1 aromatic rings. The zero-order valence-corrected chi connectivity index (χ0v) is 16.6. The number of nitrogens with zero attached hydrogens (tertiary/aromatic N) is 2. The van der Waals surface area contributed by atoms with Crippen molar-refractivity contribution in [3.63, 3.8) is 0 Å². The van der Waals surface area contributed by atoms with Crippen LogP contribution in [0.4, 0.5) is 9.93 Å². The maximum Gasteiger partial charge on any atom is 0.408 e. The number of ether oxygens (including phenoxy) is 1. The smallest absolute Gasteiger partial charge is 0.408 e. The monoisotopic (exact) mass is 368 g/mol. The van der Waals surface area contributed by atoms with Crippen molar-refractivity contribution in [3.8, 4) is 0 Å². The van der Waals surface area contributed by atoms with Crippen LogP contribution in [0.15, 0.2) is 0 Å². The van der Waals surface area contributed by atoms with Gasteiger partial charge in [-0.25, -0.2) is 9.78 Å². The van der Waals surface area contributed by atoms with Gasteiger partial charge in [-0.3, -0.25) is 4.79 Å². The van der Waals surface area contributed by atoms with E-state index >= 15 is 0 Å². The second-order valence-corrected chi connectivity index (χ2v) is 8.82. The van der Waals surface area contributed by atoms with Crippen LogP contribution in [-0.2, 0) is 22.5 Å². The van der Waals surface area contributed by atoms with Crippen molar-refractivity contribution in [2.45, 2.75) is 59.2 Å². The van der Waals surface area contributed by atoms with Gasteiger partial charge in [0.05, 0.1) is 5.69 Å². The Morgan fingerprint density at radius 3 is 2.60 bits per heavy atom. The minimum atomic E-state index is -0.682. The third-order valence-corrected chi connectivity index (χ3v) is 4.77. The molecule has 2 rings (SSSR count). The highest BCUT2D eigenvalue weighted by molar-refractivity contribution is 7.15. The molecule has 0 fully saturated rings. The van der Waals surface area contributed by atoms with Crippen LogP contribution in [-0.4, -0.2) is 47.1 Å². The Balaban J connectivity index is 2.02. The largest absolute Gasteiger partial charge is 0.444 e. The Morgan fingerprint density at radius 1 is 1.32 bits per heavy atom. The first kappa shape index (κ1) is 19.7. The van der Waals surface area contributed by atoms with Gasteiger partial charge in [0.25, 0.3) is 0 Å². The van der Waals surface area contributed by atoms with Gasteiger partial charge in [-0.15, -0.1) is 11.3 Å². The average molecular weight is 369 g/mol. The third-order valence-electron chi connectivity index (χ3n) is 3.77. The molecular formula is C17H28N4O3S. The van der Waals surface area contributed by atoms with Crippen molar-refractivity contribution in [2.75, 3.05) is 18.9 Å². The highest BCUT2D eigenvalue weighted by Gasteiger charge is 2.28. The first-order valence-electron chi connectivity index (χ1n) is 8.52. The van der Waals surface area contributed by atoms with Gasteiger partial charge < -0.3 is 20.3 Å². The maximum absolute atomic E-state index is 12.6. The number of thiazole rings is 1.